The molecule has 98 valence electrons. The van der Waals surface area contributed by atoms with Crippen LogP contribution in [0, 0.1) is 5.82 Å². The third-order valence-corrected chi connectivity index (χ3v) is 3.39. The van der Waals surface area contributed by atoms with Gasteiger partial charge in [0.2, 0.25) is 0 Å². The van der Waals surface area contributed by atoms with Crippen LogP contribution in [0.2, 0.25) is 0 Å². The van der Waals surface area contributed by atoms with Crippen LogP contribution in [-0.4, -0.2) is 12.2 Å². The second kappa shape index (κ2) is 5.75. The second-order valence-corrected chi connectivity index (χ2v) is 4.74. The molecule has 0 radical (unpaired) electrons. The van der Waals surface area contributed by atoms with Gasteiger partial charge in [0.25, 0.3) is 5.91 Å². The smallest absolute Gasteiger partial charge is 0.258 e. The van der Waals surface area contributed by atoms with Crippen molar-refractivity contribution in [3.63, 3.8) is 0 Å². The highest BCUT2D eigenvalue weighted by molar-refractivity contribution is 7.98. The van der Waals surface area contributed by atoms with Crippen molar-refractivity contribution in [3.05, 3.63) is 53.8 Å². The molecule has 0 saturated heterocycles. The SMILES string of the molecule is CSc1ccccc1NC(=O)c1ccc(N)cc1F. The van der Waals surface area contributed by atoms with E-state index in [1.807, 2.05) is 24.5 Å². The number of hydrogen-bond acceptors (Lipinski definition) is 3. The number of halogens is 1. The Morgan fingerprint density at radius 1 is 1.26 bits per heavy atom. The molecule has 3 nitrogen and oxygen atoms in total. The molecule has 2 aromatic carbocycles. The van der Waals surface area contributed by atoms with E-state index in [4.69, 9.17) is 5.73 Å². The van der Waals surface area contributed by atoms with Crippen LogP contribution in [0.3, 0.4) is 0 Å². The number of anilines is 2. The molecule has 0 spiro atoms. The lowest BCUT2D eigenvalue weighted by Gasteiger charge is -2.09. The first-order valence-corrected chi connectivity index (χ1v) is 6.83. The van der Waals surface area contributed by atoms with E-state index in [1.165, 1.54) is 23.9 Å². The van der Waals surface area contributed by atoms with Gasteiger partial charge in [-0.1, -0.05) is 12.1 Å². The highest BCUT2D eigenvalue weighted by Gasteiger charge is 2.13. The van der Waals surface area contributed by atoms with Gasteiger partial charge in [-0.05, 0) is 36.6 Å². The number of rotatable bonds is 3. The first-order valence-electron chi connectivity index (χ1n) is 5.61. The maximum absolute atomic E-state index is 13.6. The molecule has 2 rings (SSSR count). The van der Waals surface area contributed by atoms with Crippen molar-refractivity contribution < 1.29 is 9.18 Å². The molecule has 0 atom stereocenters. The Balaban J connectivity index is 2.26. The molecule has 0 fully saturated rings. The lowest BCUT2D eigenvalue weighted by molar-refractivity contribution is 0.102. The van der Waals surface area contributed by atoms with Crippen molar-refractivity contribution in [1.29, 1.82) is 0 Å². The van der Waals surface area contributed by atoms with Gasteiger partial charge in [0, 0.05) is 10.6 Å². The Hall–Kier alpha value is -2.01. The molecule has 0 bridgehead atoms. The maximum atomic E-state index is 13.6. The summed E-state index contributed by atoms with van der Waals surface area (Å²) in [7, 11) is 0. The largest absolute Gasteiger partial charge is 0.399 e. The van der Waals surface area contributed by atoms with Crippen molar-refractivity contribution in [2.75, 3.05) is 17.3 Å². The highest BCUT2D eigenvalue weighted by atomic mass is 32.2. The van der Waals surface area contributed by atoms with Gasteiger partial charge in [-0.15, -0.1) is 11.8 Å². The second-order valence-electron chi connectivity index (χ2n) is 3.89. The quantitative estimate of drug-likeness (QED) is 0.667. The van der Waals surface area contributed by atoms with Gasteiger partial charge in [-0.25, -0.2) is 4.39 Å². The Bertz CT molecular complexity index is 616. The molecule has 0 saturated carbocycles. The molecule has 0 aliphatic carbocycles. The summed E-state index contributed by atoms with van der Waals surface area (Å²) in [5, 5.41) is 2.70. The first-order chi connectivity index (χ1) is 9.11. The van der Waals surface area contributed by atoms with Crippen LogP contribution >= 0.6 is 11.8 Å². The van der Waals surface area contributed by atoms with Crippen LogP contribution in [0.5, 0.6) is 0 Å². The first kappa shape index (κ1) is 13.4. The summed E-state index contributed by atoms with van der Waals surface area (Å²) in [4.78, 5) is 12.9. The zero-order valence-electron chi connectivity index (χ0n) is 10.3. The molecule has 0 unspecified atom stereocenters. The third kappa shape index (κ3) is 3.06. The van der Waals surface area contributed by atoms with Crippen LogP contribution < -0.4 is 11.1 Å². The average Bonchev–Trinajstić information content (AvgIpc) is 2.39. The number of carbonyl (C=O) groups is 1. The number of para-hydroxylation sites is 1. The molecule has 0 heterocycles. The number of carbonyl (C=O) groups excluding carboxylic acids is 1. The van der Waals surface area contributed by atoms with Crippen molar-refractivity contribution in [2.24, 2.45) is 0 Å². The fraction of sp³-hybridized carbons (Fsp3) is 0.0714. The average molecular weight is 276 g/mol. The Morgan fingerprint density at radius 2 is 2.00 bits per heavy atom. The lowest BCUT2D eigenvalue weighted by Crippen LogP contribution is -2.14. The Kier molecular flexibility index (Phi) is 4.06. The predicted molar refractivity (Wildman–Crippen MR) is 77.0 cm³/mol. The van der Waals surface area contributed by atoms with E-state index in [-0.39, 0.29) is 5.56 Å². The summed E-state index contributed by atoms with van der Waals surface area (Å²) in [5.74, 6) is -1.11. The van der Waals surface area contributed by atoms with Crippen LogP contribution in [0.4, 0.5) is 15.8 Å². The maximum Gasteiger partial charge on any atom is 0.258 e. The van der Waals surface area contributed by atoms with Crippen LogP contribution in [0.25, 0.3) is 0 Å². The standard InChI is InChI=1S/C14H13FN2OS/c1-19-13-5-3-2-4-12(13)17-14(18)10-7-6-9(16)8-11(10)15/h2-8H,16H2,1H3,(H,17,18). The van der Waals surface area contributed by atoms with E-state index >= 15 is 0 Å². The minimum Gasteiger partial charge on any atom is -0.399 e. The summed E-state index contributed by atoms with van der Waals surface area (Å²) < 4.78 is 13.6. The molecule has 0 aliphatic heterocycles. The fourth-order valence-electron chi connectivity index (χ4n) is 1.65. The third-order valence-electron chi connectivity index (χ3n) is 2.59. The zero-order valence-corrected chi connectivity index (χ0v) is 11.1. The molecule has 5 heteroatoms. The van der Waals surface area contributed by atoms with E-state index in [9.17, 15) is 9.18 Å². The van der Waals surface area contributed by atoms with Gasteiger partial charge in [-0.3, -0.25) is 4.79 Å². The van der Waals surface area contributed by atoms with E-state index in [2.05, 4.69) is 5.32 Å². The summed E-state index contributed by atoms with van der Waals surface area (Å²) in [6.45, 7) is 0. The van der Waals surface area contributed by atoms with Gasteiger partial charge in [-0.2, -0.15) is 0 Å². The number of nitrogens with one attached hydrogen (secondary N) is 1. The highest BCUT2D eigenvalue weighted by Crippen LogP contribution is 2.25. The van der Waals surface area contributed by atoms with E-state index < -0.39 is 11.7 Å². The van der Waals surface area contributed by atoms with Crippen molar-refractivity contribution >= 4 is 29.0 Å². The lowest BCUT2D eigenvalue weighted by atomic mass is 10.1. The predicted octanol–water partition coefficient (Wildman–Crippen LogP) is 3.38. The van der Waals surface area contributed by atoms with E-state index in [1.54, 1.807) is 6.07 Å². The van der Waals surface area contributed by atoms with Crippen LogP contribution in [-0.2, 0) is 0 Å². The monoisotopic (exact) mass is 276 g/mol. The van der Waals surface area contributed by atoms with Crippen LogP contribution in [0.1, 0.15) is 10.4 Å². The van der Waals surface area contributed by atoms with E-state index in [0.717, 1.165) is 11.0 Å². The van der Waals surface area contributed by atoms with Crippen LogP contribution in [0.15, 0.2) is 47.4 Å². The Labute approximate surface area is 115 Å². The molecule has 3 N–H and O–H groups in total. The molecule has 1 amide bonds. The number of thioether (sulfide) groups is 1. The molecular formula is C14H13FN2OS. The molecule has 19 heavy (non-hydrogen) atoms. The van der Waals surface area contributed by atoms with Crippen molar-refractivity contribution in [2.45, 2.75) is 4.90 Å². The van der Waals surface area contributed by atoms with Gasteiger partial charge in [0.05, 0.1) is 11.3 Å². The van der Waals surface area contributed by atoms with Gasteiger partial charge >= 0.3 is 0 Å². The fourth-order valence-corrected chi connectivity index (χ4v) is 2.21. The normalized spacial score (nSPS) is 10.2. The Morgan fingerprint density at radius 3 is 2.68 bits per heavy atom. The molecule has 0 aromatic heterocycles. The van der Waals surface area contributed by atoms with Crippen molar-refractivity contribution in [3.8, 4) is 0 Å². The molecular weight excluding hydrogens is 263 g/mol. The summed E-state index contributed by atoms with van der Waals surface area (Å²) in [6, 6.07) is 11.4. The zero-order chi connectivity index (χ0) is 13.8. The minimum absolute atomic E-state index is 0.0230. The number of nitrogen functional groups attached to an aromatic ring is 1. The van der Waals surface area contributed by atoms with E-state index in [0.29, 0.717) is 11.4 Å². The number of hydrogen-bond donors (Lipinski definition) is 2. The van der Waals surface area contributed by atoms with Crippen molar-refractivity contribution in [1.82, 2.24) is 0 Å². The number of nitrogens with two attached hydrogens (primary N) is 1. The molecule has 2 aromatic rings. The van der Waals surface area contributed by atoms with Gasteiger partial charge < -0.3 is 11.1 Å². The minimum atomic E-state index is -0.626. The summed E-state index contributed by atoms with van der Waals surface area (Å²) >= 11 is 1.51. The number of benzene rings is 2. The van der Waals surface area contributed by atoms with Gasteiger partial charge in [0.1, 0.15) is 5.82 Å². The summed E-state index contributed by atoms with van der Waals surface area (Å²) in [5.41, 5.74) is 6.38. The summed E-state index contributed by atoms with van der Waals surface area (Å²) in [6.07, 6.45) is 1.91. The van der Waals surface area contributed by atoms with Gasteiger partial charge in [0.15, 0.2) is 0 Å². The molecule has 0 aliphatic rings. The number of amides is 1. The topological polar surface area (TPSA) is 55.1 Å².